The fraction of sp³-hybridized carbons (Fsp3) is 0.400. The van der Waals surface area contributed by atoms with Gasteiger partial charge in [-0.05, 0) is 18.9 Å². The average molecular weight is 223 g/mol. The van der Waals surface area contributed by atoms with Gasteiger partial charge >= 0.3 is 0 Å². The molecule has 0 bridgehead atoms. The van der Waals surface area contributed by atoms with E-state index in [1.807, 2.05) is 0 Å². The second-order valence-corrected chi connectivity index (χ2v) is 4.69. The minimum atomic E-state index is -0.110. The van der Waals surface area contributed by atoms with Crippen molar-refractivity contribution in [2.75, 3.05) is 5.73 Å². The van der Waals surface area contributed by atoms with Crippen LogP contribution in [0.1, 0.15) is 17.0 Å². The molecular weight excluding hydrogens is 210 g/mol. The quantitative estimate of drug-likeness (QED) is 0.731. The maximum absolute atomic E-state index is 11.1. The second kappa shape index (κ2) is 4.02. The molecule has 15 heavy (non-hydrogen) atoms. The van der Waals surface area contributed by atoms with Crippen LogP contribution in [-0.4, -0.2) is 16.9 Å². The lowest BCUT2D eigenvalue weighted by Gasteiger charge is -2.21. The van der Waals surface area contributed by atoms with Crippen molar-refractivity contribution >= 4 is 22.4 Å². The molecule has 0 spiro atoms. The molecule has 0 fully saturated rings. The zero-order valence-corrected chi connectivity index (χ0v) is 9.14. The lowest BCUT2D eigenvalue weighted by molar-refractivity contribution is -0.117. The Morgan fingerprint density at radius 2 is 2.53 bits per heavy atom. The first kappa shape index (κ1) is 10.2. The second-order valence-electron chi connectivity index (χ2n) is 3.57. The van der Waals surface area contributed by atoms with Crippen molar-refractivity contribution in [2.45, 2.75) is 25.3 Å². The molecule has 5 heteroatoms. The van der Waals surface area contributed by atoms with E-state index in [0.29, 0.717) is 5.13 Å². The molecule has 1 aromatic rings. The van der Waals surface area contributed by atoms with E-state index in [4.69, 9.17) is 5.73 Å². The maximum atomic E-state index is 11.1. The normalized spacial score (nSPS) is 19.3. The van der Waals surface area contributed by atoms with Crippen molar-refractivity contribution in [1.29, 1.82) is 0 Å². The van der Waals surface area contributed by atoms with Crippen LogP contribution in [0.15, 0.2) is 12.7 Å². The number of hydrogen-bond acceptors (Lipinski definition) is 4. The zero-order valence-electron chi connectivity index (χ0n) is 8.32. The minimum Gasteiger partial charge on any atom is -0.375 e. The van der Waals surface area contributed by atoms with Gasteiger partial charge in [0, 0.05) is 17.3 Å². The van der Waals surface area contributed by atoms with E-state index in [-0.39, 0.29) is 11.9 Å². The van der Waals surface area contributed by atoms with E-state index < -0.39 is 0 Å². The van der Waals surface area contributed by atoms with Gasteiger partial charge in [0.1, 0.15) is 0 Å². The lowest BCUT2D eigenvalue weighted by Crippen LogP contribution is -2.37. The Morgan fingerprint density at radius 3 is 3.27 bits per heavy atom. The van der Waals surface area contributed by atoms with E-state index in [9.17, 15) is 4.79 Å². The third kappa shape index (κ3) is 2.18. The fourth-order valence-electron chi connectivity index (χ4n) is 1.78. The van der Waals surface area contributed by atoms with Crippen molar-refractivity contribution in [2.24, 2.45) is 0 Å². The molecule has 1 atom stereocenters. The molecule has 1 aromatic heterocycles. The Kier molecular flexibility index (Phi) is 2.73. The van der Waals surface area contributed by atoms with Crippen LogP contribution in [0.2, 0.25) is 0 Å². The lowest BCUT2D eigenvalue weighted by atomic mass is 9.98. The Hall–Kier alpha value is -1.36. The summed E-state index contributed by atoms with van der Waals surface area (Å²) in [5, 5.41) is 3.52. The summed E-state index contributed by atoms with van der Waals surface area (Å²) in [7, 11) is 0. The number of aryl methyl sites for hydroxylation is 1. The first-order valence-corrected chi connectivity index (χ1v) is 5.67. The highest BCUT2D eigenvalue weighted by Crippen LogP contribution is 2.27. The molecule has 0 aliphatic heterocycles. The van der Waals surface area contributed by atoms with Crippen LogP contribution < -0.4 is 11.1 Å². The molecular formula is C10H13N3OS. The van der Waals surface area contributed by atoms with Crippen molar-refractivity contribution in [1.82, 2.24) is 10.3 Å². The standard InChI is InChI=1S/C10H13N3OS/c1-2-9(14)12-6-3-4-7-8(5-6)15-10(11)13-7/h2,6H,1,3-5H2,(H2,11,13)(H,12,14)/t6-/m0/s1. The molecule has 1 aliphatic rings. The van der Waals surface area contributed by atoms with Crippen LogP contribution in [-0.2, 0) is 17.6 Å². The topological polar surface area (TPSA) is 68.0 Å². The molecule has 0 saturated heterocycles. The highest BCUT2D eigenvalue weighted by atomic mass is 32.1. The number of nitrogens with zero attached hydrogens (tertiary/aromatic N) is 1. The van der Waals surface area contributed by atoms with Crippen LogP contribution >= 0.6 is 11.3 Å². The number of thiazole rings is 1. The number of carbonyl (C=O) groups excluding carboxylic acids is 1. The number of nitrogen functional groups attached to an aromatic ring is 1. The van der Waals surface area contributed by atoms with Gasteiger partial charge in [-0.1, -0.05) is 6.58 Å². The molecule has 80 valence electrons. The monoisotopic (exact) mass is 223 g/mol. The van der Waals surface area contributed by atoms with Crippen molar-refractivity contribution in [3.63, 3.8) is 0 Å². The summed E-state index contributed by atoms with van der Waals surface area (Å²) in [6.45, 7) is 3.43. The molecule has 1 heterocycles. The van der Waals surface area contributed by atoms with Gasteiger partial charge in [0.25, 0.3) is 0 Å². The van der Waals surface area contributed by atoms with Gasteiger partial charge in [-0.15, -0.1) is 11.3 Å². The number of anilines is 1. The first-order chi connectivity index (χ1) is 7.19. The van der Waals surface area contributed by atoms with Gasteiger partial charge in [0.15, 0.2) is 5.13 Å². The maximum Gasteiger partial charge on any atom is 0.243 e. The molecule has 0 saturated carbocycles. The van der Waals surface area contributed by atoms with E-state index in [0.717, 1.165) is 25.0 Å². The third-order valence-corrected chi connectivity index (χ3v) is 3.44. The Balaban J connectivity index is 2.05. The SMILES string of the molecule is C=CC(=O)N[C@H]1CCc2nc(N)sc2C1. The fourth-order valence-corrected chi connectivity index (χ4v) is 2.74. The van der Waals surface area contributed by atoms with Crippen molar-refractivity contribution in [3.8, 4) is 0 Å². The van der Waals surface area contributed by atoms with Gasteiger partial charge in [0.05, 0.1) is 5.69 Å². The van der Waals surface area contributed by atoms with Gasteiger partial charge in [-0.25, -0.2) is 4.98 Å². The number of aromatic nitrogens is 1. The Labute approximate surface area is 92.2 Å². The molecule has 3 N–H and O–H groups in total. The smallest absolute Gasteiger partial charge is 0.243 e. The number of nitrogens with one attached hydrogen (secondary N) is 1. The first-order valence-electron chi connectivity index (χ1n) is 4.86. The van der Waals surface area contributed by atoms with Crippen LogP contribution in [0.4, 0.5) is 5.13 Å². The molecule has 0 aromatic carbocycles. The summed E-state index contributed by atoms with van der Waals surface area (Å²) >= 11 is 1.52. The van der Waals surface area contributed by atoms with E-state index in [1.54, 1.807) is 0 Å². The van der Waals surface area contributed by atoms with Gasteiger partial charge in [-0.2, -0.15) is 0 Å². The van der Waals surface area contributed by atoms with E-state index in [1.165, 1.54) is 22.3 Å². The summed E-state index contributed by atoms with van der Waals surface area (Å²) in [6, 6.07) is 0.197. The highest BCUT2D eigenvalue weighted by molar-refractivity contribution is 7.15. The highest BCUT2D eigenvalue weighted by Gasteiger charge is 2.22. The zero-order chi connectivity index (χ0) is 10.8. The predicted octanol–water partition coefficient (Wildman–Crippen LogP) is 0.885. The summed E-state index contributed by atoms with van der Waals surface area (Å²) < 4.78 is 0. The van der Waals surface area contributed by atoms with Gasteiger partial charge < -0.3 is 11.1 Å². The number of rotatable bonds is 2. The van der Waals surface area contributed by atoms with Crippen molar-refractivity contribution < 1.29 is 4.79 Å². The molecule has 0 unspecified atom stereocenters. The largest absolute Gasteiger partial charge is 0.375 e. The number of hydrogen-bond donors (Lipinski definition) is 2. The van der Waals surface area contributed by atoms with Crippen LogP contribution in [0.3, 0.4) is 0 Å². The summed E-state index contributed by atoms with van der Waals surface area (Å²) in [4.78, 5) is 16.6. The van der Waals surface area contributed by atoms with E-state index >= 15 is 0 Å². The average Bonchev–Trinajstić information content (AvgIpc) is 2.57. The Morgan fingerprint density at radius 1 is 1.73 bits per heavy atom. The van der Waals surface area contributed by atoms with Crippen LogP contribution in [0.25, 0.3) is 0 Å². The molecule has 4 nitrogen and oxygen atoms in total. The van der Waals surface area contributed by atoms with Crippen LogP contribution in [0.5, 0.6) is 0 Å². The molecule has 0 radical (unpaired) electrons. The molecule has 1 amide bonds. The van der Waals surface area contributed by atoms with E-state index in [2.05, 4.69) is 16.9 Å². The van der Waals surface area contributed by atoms with Gasteiger partial charge in [-0.3, -0.25) is 4.79 Å². The summed E-state index contributed by atoms with van der Waals surface area (Å²) in [5.41, 5.74) is 6.73. The number of fused-ring (bicyclic) bond motifs is 1. The molecule has 2 rings (SSSR count). The molecule has 1 aliphatic carbocycles. The van der Waals surface area contributed by atoms with Crippen molar-refractivity contribution in [3.05, 3.63) is 23.2 Å². The Bertz CT molecular complexity index is 399. The van der Waals surface area contributed by atoms with Gasteiger partial charge in [0.2, 0.25) is 5.91 Å². The summed E-state index contributed by atoms with van der Waals surface area (Å²) in [6.07, 6.45) is 3.96. The number of carbonyl (C=O) groups is 1. The number of amides is 1. The number of nitrogens with two attached hydrogens (primary N) is 1. The third-order valence-electron chi connectivity index (χ3n) is 2.49. The predicted molar refractivity (Wildman–Crippen MR) is 60.7 cm³/mol. The minimum absolute atomic E-state index is 0.110. The van der Waals surface area contributed by atoms with Crippen LogP contribution in [0, 0.1) is 0 Å². The summed E-state index contributed by atoms with van der Waals surface area (Å²) in [5.74, 6) is -0.110.